The molecule has 0 aromatic heterocycles. The van der Waals surface area contributed by atoms with Gasteiger partial charge >= 0.3 is 0 Å². The highest BCUT2D eigenvalue weighted by Crippen LogP contribution is 2.23. The minimum Gasteiger partial charge on any atom is -0.0617 e. The van der Waals surface area contributed by atoms with Gasteiger partial charge in [0.2, 0.25) is 0 Å². The number of hydrogen-bond donors (Lipinski definition) is 0. The Labute approximate surface area is 197 Å². The first-order chi connectivity index (χ1) is 16.0. The maximum atomic E-state index is 3.31. The molecule has 4 rings (SSSR count). The van der Waals surface area contributed by atoms with E-state index >= 15 is 0 Å². The number of rotatable bonds is 1. The molecule has 0 heterocycles. The fourth-order valence-electron chi connectivity index (χ4n) is 3.31. The molecular formula is C33H24. The van der Waals surface area contributed by atoms with Crippen LogP contribution in [0.4, 0.5) is 0 Å². The van der Waals surface area contributed by atoms with E-state index in [0.29, 0.717) is 0 Å². The van der Waals surface area contributed by atoms with Crippen LogP contribution in [0.25, 0.3) is 11.1 Å². The smallest absolute Gasteiger partial charge is 0.0274 e. The predicted octanol–water partition coefficient (Wildman–Crippen LogP) is 7.08. The first kappa shape index (κ1) is 21.8. The summed E-state index contributed by atoms with van der Waals surface area (Å²) in [7, 11) is 0. The monoisotopic (exact) mass is 420 g/mol. The molecule has 156 valence electrons. The Morgan fingerprint density at radius 3 is 1.30 bits per heavy atom. The van der Waals surface area contributed by atoms with Crippen LogP contribution in [-0.2, 0) is 0 Å². The van der Waals surface area contributed by atoms with Crippen LogP contribution < -0.4 is 0 Å². The van der Waals surface area contributed by atoms with Gasteiger partial charge in [-0.25, -0.2) is 0 Å². The standard InChI is InChI=1S/C33H24/c1-25-8-14-28(15-9-25)6-4-5-7-30-22-31(19-18-29-16-10-26(2)11-17-29)24-33(23-30)32-20-12-27(3)13-21-32/h8-17,20-24H,1-3H3. The summed E-state index contributed by atoms with van der Waals surface area (Å²) in [5.41, 5.74) is 9.73. The van der Waals surface area contributed by atoms with Gasteiger partial charge in [0.15, 0.2) is 0 Å². The molecule has 0 spiro atoms. The van der Waals surface area contributed by atoms with E-state index in [0.717, 1.165) is 33.4 Å². The van der Waals surface area contributed by atoms with Crippen LogP contribution in [-0.4, -0.2) is 0 Å². The van der Waals surface area contributed by atoms with Crippen molar-refractivity contribution in [2.24, 2.45) is 0 Å². The largest absolute Gasteiger partial charge is 0.0617 e. The lowest BCUT2D eigenvalue weighted by Gasteiger charge is -2.05. The van der Waals surface area contributed by atoms with Crippen LogP contribution >= 0.6 is 0 Å². The van der Waals surface area contributed by atoms with E-state index in [2.05, 4.69) is 117 Å². The Morgan fingerprint density at radius 1 is 0.364 bits per heavy atom. The van der Waals surface area contributed by atoms with Crippen LogP contribution in [0.15, 0.2) is 91.0 Å². The minimum atomic E-state index is 0.902. The molecular weight excluding hydrogens is 396 g/mol. The summed E-state index contributed by atoms with van der Waals surface area (Å²) in [6, 6.07) is 31.2. The van der Waals surface area contributed by atoms with Crippen molar-refractivity contribution < 1.29 is 0 Å². The molecule has 0 fully saturated rings. The summed E-state index contributed by atoms with van der Waals surface area (Å²) < 4.78 is 0. The SMILES string of the molecule is Cc1ccc(C#CC#Cc2cc(C#Cc3ccc(C)cc3)cc(-c3ccc(C)cc3)c2)cc1. The molecule has 0 aliphatic heterocycles. The summed E-state index contributed by atoms with van der Waals surface area (Å²) in [6.07, 6.45) is 0. The Hall–Kier alpha value is -4.44. The lowest BCUT2D eigenvalue weighted by atomic mass is 9.99. The van der Waals surface area contributed by atoms with Crippen molar-refractivity contribution in [1.82, 2.24) is 0 Å². The second kappa shape index (κ2) is 10.2. The van der Waals surface area contributed by atoms with Gasteiger partial charge in [-0.05, 0) is 86.2 Å². The zero-order valence-electron chi connectivity index (χ0n) is 19.2. The van der Waals surface area contributed by atoms with Crippen molar-refractivity contribution in [3.8, 4) is 46.6 Å². The van der Waals surface area contributed by atoms with E-state index in [1.54, 1.807) is 0 Å². The van der Waals surface area contributed by atoms with Crippen LogP contribution in [0.1, 0.15) is 38.9 Å². The van der Waals surface area contributed by atoms with Crippen LogP contribution in [0, 0.1) is 56.3 Å². The topological polar surface area (TPSA) is 0 Å². The van der Waals surface area contributed by atoms with Gasteiger partial charge in [0.1, 0.15) is 0 Å². The third kappa shape index (κ3) is 6.28. The van der Waals surface area contributed by atoms with E-state index < -0.39 is 0 Å². The molecule has 0 amide bonds. The van der Waals surface area contributed by atoms with E-state index in [1.807, 2.05) is 30.3 Å². The summed E-state index contributed by atoms with van der Waals surface area (Å²) in [6.45, 7) is 6.24. The molecule has 0 nitrogen and oxygen atoms in total. The first-order valence-electron chi connectivity index (χ1n) is 10.9. The number of aryl methyl sites for hydroxylation is 3. The summed E-state index contributed by atoms with van der Waals surface area (Å²) in [5.74, 6) is 18.9. The Morgan fingerprint density at radius 2 is 0.758 bits per heavy atom. The van der Waals surface area contributed by atoms with Gasteiger partial charge in [0.05, 0.1) is 0 Å². The minimum absolute atomic E-state index is 0.902. The zero-order valence-corrected chi connectivity index (χ0v) is 19.2. The van der Waals surface area contributed by atoms with E-state index in [-0.39, 0.29) is 0 Å². The van der Waals surface area contributed by atoms with Gasteiger partial charge in [-0.15, -0.1) is 0 Å². The van der Waals surface area contributed by atoms with Crippen molar-refractivity contribution in [1.29, 1.82) is 0 Å². The Bertz CT molecular complexity index is 1450. The molecule has 4 aromatic rings. The van der Waals surface area contributed by atoms with Gasteiger partial charge < -0.3 is 0 Å². The summed E-state index contributed by atoms with van der Waals surface area (Å²) >= 11 is 0. The van der Waals surface area contributed by atoms with Gasteiger partial charge in [-0.2, -0.15) is 0 Å². The molecule has 0 radical (unpaired) electrons. The molecule has 0 aliphatic rings. The van der Waals surface area contributed by atoms with Crippen LogP contribution in [0.3, 0.4) is 0 Å². The maximum absolute atomic E-state index is 3.31. The summed E-state index contributed by atoms with van der Waals surface area (Å²) in [4.78, 5) is 0. The fraction of sp³-hybridized carbons (Fsp3) is 0.0909. The van der Waals surface area contributed by atoms with Crippen molar-refractivity contribution in [2.75, 3.05) is 0 Å². The molecule has 0 aliphatic carbocycles. The van der Waals surface area contributed by atoms with Crippen molar-refractivity contribution in [3.63, 3.8) is 0 Å². The van der Waals surface area contributed by atoms with Gasteiger partial charge in [-0.3, -0.25) is 0 Å². The van der Waals surface area contributed by atoms with Crippen LogP contribution in [0.5, 0.6) is 0 Å². The molecule has 0 atom stereocenters. The van der Waals surface area contributed by atoms with E-state index in [1.165, 1.54) is 16.7 Å². The van der Waals surface area contributed by atoms with E-state index in [9.17, 15) is 0 Å². The second-order valence-corrected chi connectivity index (χ2v) is 8.15. The van der Waals surface area contributed by atoms with Gasteiger partial charge in [0, 0.05) is 22.3 Å². The average molecular weight is 421 g/mol. The average Bonchev–Trinajstić information content (AvgIpc) is 2.83. The molecule has 0 bridgehead atoms. The van der Waals surface area contributed by atoms with Gasteiger partial charge in [0.25, 0.3) is 0 Å². The van der Waals surface area contributed by atoms with Crippen LogP contribution in [0.2, 0.25) is 0 Å². The second-order valence-electron chi connectivity index (χ2n) is 8.15. The van der Waals surface area contributed by atoms with E-state index in [4.69, 9.17) is 0 Å². The predicted molar refractivity (Wildman–Crippen MR) is 139 cm³/mol. The molecule has 33 heavy (non-hydrogen) atoms. The first-order valence-corrected chi connectivity index (χ1v) is 10.9. The number of hydrogen-bond acceptors (Lipinski definition) is 0. The molecule has 0 N–H and O–H groups in total. The third-order valence-corrected chi connectivity index (χ3v) is 5.25. The Kier molecular flexibility index (Phi) is 6.76. The highest BCUT2D eigenvalue weighted by atomic mass is 14.1. The molecule has 0 saturated heterocycles. The molecule has 0 unspecified atom stereocenters. The molecule has 0 saturated carbocycles. The highest BCUT2D eigenvalue weighted by Gasteiger charge is 2.02. The zero-order chi connectivity index (χ0) is 23.0. The van der Waals surface area contributed by atoms with Gasteiger partial charge in [-0.1, -0.05) is 88.9 Å². The fourth-order valence-corrected chi connectivity index (χ4v) is 3.31. The lowest BCUT2D eigenvalue weighted by Crippen LogP contribution is -1.86. The Balaban J connectivity index is 1.68. The molecule has 0 heteroatoms. The highest BCUT2D eigenvalue weighted by molar-refractivity contribution is 5.68. The normalized spacial score (nSPS) is 9.55. The lowest BCUT2D eigenvalue weighted by molar-refractivity contribution is 1.46. The van der Waals surface area contributed by atoms with Crippen molar-refractivity contribution in [3.05, 3.63) is 130 Å². The van der Waals surface area contributed by atoms with Crippen molar-refractivity contribution in [2.45, 2.75) is 20.8 Å². The summed E-state index contributed by atoms with van der Waals surface area (Å²) in [5, 5.41) is 0. The number of benzene rings is 4. The quantitative estimate of drug-likeness (QED) is 0.289. The van der Waals surface area contributed by atoms with Crippen molar-refractivity contribution >= 4 is 0 Å². The molecule has 4 aromatic carbocycles. The third-order valence-electron chi connectivity index (χ3n) is 5.25. The maximum Gasteiger partial charge on any atom is 0.0274 e.